The Morgan fingerprint density at radius 1 is 1.37 bits per heavy atom. The fraction of sp³-hybridized carbons (Fsp3) is 0.154. The van der Waals surface area contributed by atoms with Gasteiger partial charge in [-0.05, 0) is 29.6 Å². The van der Waals surface area contributed by atoms with Crippen molar-refractivity contribution >= 4 is 17.2 Å². The minimum atomic E-state index is -1.06. The van der Waals surface area contributed by atoms with Crippen LogP contribution in [0.25, 0.3) is 0 Å². The highest BCUT2D eigenvalue weighted by molar-refractivity contribution is 7.09. The first-order valence-corrected chi connectivity index (χ1v) is 6.46. The number of amides is 1. The van der Waals surface area contributed by atoms with E-state index in [2.05, 4.69) is 5.32 Å². The van der Waals surface area contributed by atoms with E-state index in [4.69, 9.17) is 5.73 Å². The second-order valence-corrected chi connectivity index (χ2v) is 4.99. The van der Waals surface area contributed by atoms with E-state index in [9.17, 15) is 13.6 Å². The normalized spacial score (nSPS) is 12.3. The molecule has 3 N–H and O–H groups in total. The second-order valence-electron chi connectivity index (χ2n) is 3.96. The molecule has 3 nitrogen and oxygen atoms in total. The zero-order valence-corrected chi connectivity index (χ0v) is 10.7. The number of benzene rings is 1. The molecule has 100 valence electrons. The second kappa shape index (κ2) is 5.90. The molecule has 1 atom stereocenters. The van der Waals surface area contributed by atoms with E-state index < -0.39 is 23.6 Å². The molecule has 2 aromatic rings. The Kier molecular flexibility index (Phi) is 4.24. The van der Waals surface area contributed by atoms with Crippen molar-refractivity contribution in [1.82, 2.24) is 5.32 Å². The molecule has 6 heteroatoms. The lowest BCUT2D eigenvalue weighted by Crippen LogP contribution is -2.33. The molecule has 1 amide bonds. The summed E-state index contributed by atoms with van der Waals surface area (Å²) in [6, 6.07) is 5.63. The topological polar surface area (TPSA) is 55.1 Å². The van der Waals surface area contributed by atoms with Crippen LogP contribution in [0.5, 0.6) is 0 Å². The largest absolute Gasteiger partial charge is 0.368 e. The SMILES string of the molecule is NC(=O)C(NCc1cccs1)c1cc(F)ccc1F. The van der Waals surface area contributed by atoms with Gasteiger partial charge in [0, 0.05) is 17.0 Å². The van der Waals surface area contributed by atoms with Gasteiger partial charge in [-0.3, -0.25) is 10.1 Å². The molecule has 0 aliphatic carbocycles. The average Bonchev–Trinajstić information content (AvgIpc) is 2.86. The van der Waals surface area contributed by atoms with Crippen molar-refractivity contribution < 1.29 is 13.6 Å². The molecule has 0 aliphatic rings. The van der Waals surface area contributed by atoms with Crippen LogP contribution in [0.1, 0.15) is 16.5 Å². The Morgan fingerprint density at radius 3 is 2.79 bits per heavy atom. The van der Waals surface area contributed by atoms with Crippen LogP contribution >= 0.6 is 11.3 Å². The summed E-state index contributed by atoms with van der Waals surface area (Å²) < 4.78 is 26.8. The predicted molar refractivity (Wildman–Crippen MR) is 69.5 cm³/mol. The van der Waals surface area contributed by atoms with Gasteiger partial charge in [0.1, 0.15) is 17.7 Å². The molecule has 0 bridgehead atoms. The van der Waals surface area contributed by atoms with E-state index in [0.29, 0.717) is 6.54 Å². The Morgan fingerprint density at radius 2 is 2.16 bits per heavy atom. The quantitative estimate of drug-likeness (QED) is 0.884. The van der Waals surface area contributed by atoms with Crippen LogP contribution in [0.4, 0.5) is 8.78 Å². The molecular formula is C13H12F2N2OS. The summed E-state index contributed by atoms with van der Waals surface area (Å²) in [6.45, 7) is 0.362. The van der Waals surface area contributed by atoms with E-state index in [-0.39, 0.29) is 5.56 Å². The van der Waals surface area contributed by atoms with Gasteiger partial charge in [-0.15, -0.1) is 11.3 Å². The van der Waals surface area contributed by atoms with E-state index in [1.807, 2.05) is 17.5 Å². The number of thiophene rings is 1. The van der Waals surface area contributed by atoms with E-state index in [0.717, 1.165) is 23.1 Å². The number of hydrogen-bond acceptors (Lipinski definition) is 3. The molecule has 0 saturated carbocycles. The summed E-state index contributed by atoms with van der Waals surface area (Å²) >= 11 is 1.50. The van der Waals surface area contributed by atoms with Gasteiger partial charge in [0.05, 0.1) is 0 Å². The van der Waals surface area contributed by atoms with Crippen LogP contribution in [0.15, 0.2) is 35.7 Å². The third-order valence-corrected chi connectivity index (χ3v) is 3.49. The Bertz CT molecular complexity index is 572. The fourth-order valence-electron chi connectivity index (χ4n) is 1.72. The number of halogens is 2. The van der Waals surface area contributed by atoms with Crippen molar-refractivity contribution in [2.75, 3.05) is 0 Å². The average molecular weight is 282 g/mol. The van der Waals surface area contributed by atoms with Gasteiger partial charge in [0.2, 0.25) is 5.91 Å². The molecular weight excluding hydrogens is 270 g/mol. The maximum absolute atomic E-state index is 13.6. The number of nitrogens with two attached hydrogens (primary N) is 1. The van der Waals surface area contributed by atoms with Crippen molar-refractivity contribution in [3.63, 3.8) is 0 Å². The number of hydrogen-bond donors (Lipinski definition) is 2. The maximum Gasteiger partial charge on any atom is 0.239 e. The Labute approximate surface area is 113 Å². The number of nitrogens with one attached hydrogen (secondary N) is 1. The summed E-state index contributed by atoms with van der Waals surface area (Å²) in [7, 11) is 0. The minimum Gasteiger partial charge on any atom is -0.368 e. The van der Waals surface area contributed by atoms with Crippen molar-refractivity contribution in [3.05, 3.63) is 57.8 Å². The first kappa shape index (κ1) is 13.6. The van der Waals surface area contributed by atoms with Crippen molar-refractivity contribution in [2.45, 2.75) is 12.6 Å². The molecule has 0 spiro atoms. The number of primary amides is 1. The monoisotopic (exact) mass is 282 g/mol. The summed E-state index contributed by atoms with van der Waals surface area (Å²) in [5, 5.41) is 4.72. The molecule has 0 saturated heterocycles. The molecule has 1 unspecified atom stereocenters. The molecule has 19 heavy (non-hydrogen) atoms. The van der Waals surface area contributed by atoms with E-state index in [1.54, 1.807) is 0 Å². The van der Waals surface area contributed by atoms with Crippen LogP contribution in [0.3, 0.4) is 0 Å². The van der Waals surface area contributed by atoms with Gasteiger partial charge in [-0.1, -0.05) is 6.07 Å². The zero-order chi connectivity index (χ0) is 13.8. The van der Waals surface area contributed by atoms with Crippen LogP contribution in [0.2, 0.25) is 0 Å². The first-order chi connectivity index (χ1) is 9.08. The lowest BCUT2D eigenvalue weighted by atomic mass is 10.1. The van der Waals surface area contributed by atoms with E-state index >= 15 is 0 Å². The molecule has 0 fully saturated rings. The van der Waals surface area contributed by atoms with Crippen molar-refractivity contribution in [3.8, 4) is 0 Å². The summed E-state index contributed by atoms with van der Waals surface area (Å²) in [5.74, 6) is -2.02. The van der Waals surface area contributed by atoms with Gasteiger partial charge in [0.15, 0.2) is 0 Å². The zero-order valence-electron chi connectivity index (χ0n) is 9.90. The summed E-state index contributed by atoms with van der Waals surface area (Å²) in [4.78, 5) is 12.4. The minimum absolute atomic E-state index is 0.0796. The van der Waals surface area contributed by atoms with E-state index in [1.165, 1.54) is 11.3 Å². The first-order valence-electron chi connectivity index (χ1n) is 5.58. The van der Waals surface area contributed by atoms with Crippen LogP contribution in [-0.4, -0.2) is 5.91 Å². The molecule has 1 aromatic heterocycles. The molecule has 0 radical (unpaired) electrons. The highest BCUT2D eigenvalue weighted by Crippen LogP contribution is 2.19. The van der Waals surface area contributed by atoms with Crippen molar-refractivity contribution in [1.29, 1.82) is 0 Å². The molecule has 1 aromatic carbocycles. The third-order valence-electron chi connectivity index (χ3n) is 2.61. The maximum atomic E-state index is 13.6. The van der Waals surface area contributed by atoms with Gasteiger partial charge >= 0.3 is 0 Å². The Hall–Kier alpha value is -1.79. The van der Waals surface area contributed by atoms with Gasteiger partial charge in [0.25, 0.3) is 0 Å². The lowest BCUT2D eigenvalue weighted by Gasteiger charge is -2.16. The predicted octanol–water partition coefficient (Wildman–Crippen LogP) is 2.34. The van der Waals surface area contributed by atoms with Gasteiger partial charge in [-0.25, -0.2) is 8.78 Å². The smallest absolute Gasteiger partial charge is 0.239 e. The highest BCUT2D eigenvalue weighted by Gasteiger charge is 2.21. The van der Waals surface area contributed by atoms with Crippen LogP contribution < -0.4 is 11.1 Å². The number of carbonyl (C=O) groups is 1. The Balaban J connectivity index is 2.20. The molecule has 0 aliphatic heterocycles. The molecule has 1 heterocycles. The van der Waals surface area contributed by atoms with Crippen LogP contribution in [0, 0.1) is 11.6 Å². The number of carbonyl (C=O) groups excluding carboxylic acids is 1. The summed E-state index contributed by atoms with van der Waals surface area (Å²) in [6.07, 6.45) is 0. The van der Waals surface area contributed by atoms with Gasteiger partial charge in [-0.2, -0.15) is 0 Å². The third kappa shape index (κ3) is 3.36. The van der Waals surface area contributed by atoms with Gasteiger partial charge < -0.3 is 5.73 Å². The van der Waals surface area contributed by atoms with Crippen LogP contribution in [-0.2, 0) is 11.3 Å². The highest BCUT2D eigenvalue weighted by atomic mass is 32.1. The lowest BCUT2D eigenvalue weighted by molar-refractivity contribution is -0.120. The molecule has 2 rings (SSSR count). The summed E-state index contributed by atoms with van der Waals surface area (Å²) in [5.41, 5.74) is 5.16. The van der Waals surface area contributed by atoms with Crippen molar-refractivity contribution in [2.24, 2.45) is 5.73 Å². The standard InChI is InChI=1S/C13H12F2N2OS/c14-8-3-4-11(15)10(6-8)12(13(16)18)17-7-9-2-1-5-19-9/h1-6,12,17H,7H2,(H2,16,18). The number of rotatable bonds is 5. The fourth-order valence-corrected chi connectivity index (χ4v) is 2.37.